The fraction of sp³-hybridized carbons (Fsp3) is 0. The molecule has 0 atom stereocenters. The van der Waals surface area contributed by atoms with Crippen molar-refractivity contribution in [3.63, 3.8) is 0 Å². The summed E-state index contributed by atoms with van der Waals surface area (Å²) >= 11 is 0. The molecule has 0 saturated heterocycles. The third kappa shape index (κ3) is 2.41. The summed E-state index contributed by atoms with van der Waals surface area (Å²) in [6, 6.07) is 12.5. The molecule has 21 heavy (non-hydrogen) atoms. The summed E-state index contributed by atoms with van der Waals surface area (Å²) in [4.78, 5) is 16.4. The average Bonchev–Trinajstić information content (AvgIpc) is 2.47. The van der Waals surface area contributed by atoms with Crippen molar-refractivity contribution in [1.29, 1.82) is 0 Å². The van der Waals surface area contributed by atoms with Crippen molar-refractivity contribution in [3.8, 4) is 5.75 Å². The van der Waals surface area contributed by atoms with E-state index in [9.17, 15) is 14.3 Å². The monoisotopic (exact) mass is 282 g/mol. The van der Waals surface area contributed by atoms with E-state index < -0.39 is 17.5 Å². The molecule has 2 aromatic carbocycles. The molecule has 0 fully saturated rings. The number of amides is 1. The third-order valence-corrected chi connectivity index (χ3v) is 3.11. The molecule has 0 aliphatic carbocycles. The number of nitrogens with one attached hydrogen (secondary N) is 1. The van der Waals surface area contributed by atoms with Gasteiger partial charge in [0.05, 0.1) is 11.2 Å². The highest BCUT2D eigenvalue weighted by atomic mass is 19.1. The minimum Gasteiger partial charge on any atom is -0.507 e. The highest BCUT2D eigenvalue weighted by Gasteiger charge is 2.17. The summed E-state index contributed by atoms with van der Waals surface area (Å²) in [7, 11) is 0. The number of rotatable bonds is 2. The van der Waals surface area contributed by atoms with Gasteiger partial charge in [-0.2, -0.15) is 0 Å². The van der Waals surface area contributed by atoms with E-state index in [4.69, 9.17) is 0 Å². The van der Waals surface area contributed by atoms with Gasteiger partial charge >= 0.3 is 0 Å². The predicted octanol–water partition coefficient (Wildman–Crippen LogP) is 3.33. The van der Waals surface area contributed by atoms with Crippen LogP contribution >= 0.6 is 0 Å². The van der Waals surface area contributed by atoms with Crippen molar-refractivity contribution >= 4 is 22.5 Å². The van der Waals surface area contributed by atoms with Gasteiger partial charge in [-0.1, -0.05) is 12.1 Å². The van der Waals surface area contributed by atoms with Crippen LogP contribution in [0.5, 0.6) is 5.75 Å². The Balaban J connectivity index is 2.01. The van der Waals surface area contributed by atoms with Crippen LogP contribution in [0.25, 0.3) is 10.9 Å². The molecule has 5 heteroatoms. The third-order valence-electron chi connectivity index (χ3n) is 3.11. The van der Waals surface area contributed by atoms with Crippen LogP contribution < -0.4 is 5.32 Å². The van der Waals surface area contributed by atoms with Crippen LogP contribution in [0, 0.1) is 5.82 Å². The van der Waals surface area contributed by atoms with Gasteiger partial charge in [0.25, 0.3) is 5.91 Å². The lowest BCUT2D eigenvalue weighted by Gasteiger charge is -2.09. The fourth-order valence-electron chi connectivity index (χ4n) is 2.13. The molecule has 0 aliphatic rings. The van der Waals surface area contributed by atoms with Gasteiger partial charge in [0.1, 0.15) is 17.1 Å². The Morgan fingerprint density at radius 2 is 1.90 bits per heavy atom. The minimum atomic E-state index is -0.772. The van der Waals surface area contributed by atoms with Crippen LogP contribution in [0.2, 0.25) is 0 Å². The van der Waals surface area contributed by atoms with Gasteiger partial charge < -0.3 is 10.4 Å². The van der Waals surface area contributed by atoms with Crippen molar-refractivity contribution in [2.45, 2.75) is 0 Å². The van der Waals surface area contributed by atoms with E-state index in [0.29, 0.717) is 11.2 Å². The normalized spacial score (nSPS) is 10.5. The van der Waals surface area contributed by atoms with E-state index in [2.05, 4.69) is 10.3 Å². The van der Waals surface area contributed by atoms with E-state index in [1.165, 1.54) is 12.1 Å². The smallest absolute Gasteiger partial charge is 0.262 e. The molecule has 2 N–H and O–H groups in total. The molecule has 0 spiro atoms. The zero-order valence-electron chi connectivity index (χ0n) is 10.9. The number of benzene rings is 2. The molecule has 3 aromatic rings. The zero-order valence-corrected chi connectivity index (χ0v) is 10.9. The summed E-state index contributed by atoms with van der Waals surface area (Å²) in [5.41, 5.74) is 0.847. The number of pyridine rings is 1. The number of aromatic hydroxyl groups is 1. The first-order chi connectivity index (χ1) is 10.2. The Morgan fingerprint density at radius 3 is 2.71 bits per heavy atom. The molecule has 3 rings (SSSR count). The maximum absolute atomic E-state index is 13.7. The Kier molecular flexibility index (Phi) is 3.23. The van der Waals surface area contributed by atoms with Gasteiger partial charge in [-0.05, 0) is 36.4 Å². The molecule has 0 saturated carbocycles. The second-order valence-corrected chi connectivity index (χ2v) is 4.46. The molecule has 0 aliphatic heterocycles. The van der Waals surface area contributed by atoms with Crippen LogP contribution in [0.1, 0.15) is 10.4 Å². The number of carbonyl (C=O) groups is 1. The summed E-state index contributed by atoms with van der Waals surface area (Å²) in [5.74, 6) is -1.88. The first kappa shape index (κ1) is 13.1. The number of phenols is 1. The lowest BCUT2D eigenvalue weighted by atomic mass is 10.1. The largest absolute Gasteiger partial charge is 0.507 e. The number of carbonyl (C=O) groups excluding carboxylic acids is 1. The van der Waals surface area contributed by atoms with Crippen molar-refractivity contribution in [2.24, 2.45) is 0 Å². The van der Waals surface area contributed by atoms with Gasteiger partial charge in [0.2, 0.25) is 0 Å². The molecule has 1 amide bonds. The highest BCUT2D eigenvalue weighted by molar-refractivity contribution is 6.10. The number of fused-ring (bicyclic) bond motifs is 1. The topological polar surface area (TPSA) is 62.2 Å². The number of hydrogen-bond acceptors (Lipinski definition) is 3. The van der Waals surface area contributed by atoms with Crippen molar-refractivity contribution in [2.75, 3.05) is 5.32 Å². The summed E-state index contributed by atoms with van der Waals surface area (Å²) in [6.45, 7) is 0. The number of phenolic OH excluding ortho intramolecular Hbond substituents is 1. The van der Waals surface area contributed by atoms with Crippen LogP contribution in [-0.2, 0) is 0 Å². The number of halogens is 1. The van der Waals surface area contributed by atoms with Crippen molar-refractivity contribution < 1.29 is 14.3 Å². The molecular formula is C16H11FN2O2. The summed E-state index contributed by atoms with van der Waals surface area (Å²) in [6.07, 6.45) is 1.65. The maximum atomic E-state index is 13.7. The van der Waals surface area contributed by atoms with E-state index in [-0.39, 0.29) is 5.56 Å². The average molecular weight is 282 g/mol. The lowest BCUT2D eigenvalue weighted by molar-refractivity contribution is 0.102. The fourth-order valence-corrected chi connectivity index (χ4v) is 2.13. The first-order valence-corrected chi connectivity index (χ1v) is 6.29. The molecule has 1 aromatic heterocycles. The van der Waals surface area contributed by atoms with Gasteiger partial charge in [0.15, 0.2) is 0 Å². The molecular weight excluding hydrogens is 271 g/mol. The number of aromatic nitrogens is 1. The van der Waals surface area contributed by atoms with Crippen molar-refractivity contribution in [3.05, 3.63) is 66.1 Å². The van der Waals surface area contributed by atoms with Crippen LogP contribution in [0.4, 0.5) is 10.1 Å². The van der Waals surface area contributed by atoms with Crippen LogP contribution in [0.3, 0.4) is 0 Å². The van der Waals surface area contributed by atoms with E-state index >= 15 is 0 Å². The summed E-state index contributed by atoms with van der Waals surface area (Å²) in [5, 5.41) is 13.0. The second-order valence-electron chi connectivity index (χ2n) is 4.46. The molecule has 1 heterocycles. The Labute approximate surface area is 119 Å². The number of hydrogen-bond donors (Lipinski definition) is 2. The predicted molar refractivity (Wildman–Crippen MR) is 77.8 cm³/mol. The van der Waals surface area contributed by atoms with Gasteiger partial charge in [-0.25, -0.2) is 4.39 Å². The Morgan fingerprint density at radius 1 is 1.10 bits per heavy atom. The highest BCUT2D eigenvalue weighted by Crippen LogP contribution is 2.25. The minimum absolute atomic E-state index is 0.376. The molecule has 0 radical (unpaired) electrons. The lowest BCUT2D eigenvalue weighted by Crippen LogP contribution is -2.14. The molecule has 4 nitrogen and oxygen atoms in total. The standard InChI is InChI=1S/C16H11FN2O2/c17-11-5-1-8-14(20)15(11)16(21)19-13-7-2-6-12-10(13)4-3-9-18-12/h1-9,20H,(H,19,21). The van der Waals surface area contributed by atoms with E-state index in [0.717, 1.165) is 11.5 Å². The van der Waals surface area contributed by atoms with Crippen LogP contribution in [-0.4, -0.2) is 16.0 Å². The first-order valence-electron chi connectivity index (χ1n) is 6.29. The van der Waals surface area contributed by atoms with Gasteiger partial charge in [-0.15, -0.1) is 0 Å². The Bertz CT molecular complexity index is 808. The summed E-state index contributed by atoms with van der Waals surface area (Å²) < 4.78 is 13.7. The Hall–Kier alpha value is -2.95. The second kappa shape index (κ2) is 5.20. The molecule has 0 bridgehead atoms. The van der Waals surface area contributed by atoms with Gasteiger partial charge in [0, 0.05) is 11.6 Å². The molecule has 0 unspecified atom stereocenters. The molecule has 104 valence electrons. The zero-order chi connectivity index (χ0) is 14.8. The SMILES string of the molecule is O=C(Nc1cccc2ncccc12)c1c(O)cccc1F. The van der Waals surface area contributed by atoms with E-state index in [1.54, 1.807) is 30.5 Å². The quantitative estimate of drug-likeness (QED) is 0.757. The number of nitrogens with zero attached hydrogens (tertiary/aromatic N) is 1. The van der Waals surface area contributed by atoms with Gasteiger partial charge in [-0.3, -0.25) is 9.78 Å². The van der Waals surface area contributed by atoms with Crippen molar-refractivity contribution in [1.82, 2.24) is 4.98 Å². The number of anilines is 1. The van der Waals surface area contributed by atoms with Crippen LogP contribution in [0.15, 0.2) is 54.7 Å². The van der Waals surface area contributed by atoms with E-state index in [1.807, 2.05) is 6.07 Å². The maximum Gasteiger partial charge on any atom is 0.262 e.